The highest BCUT2D eigenvalue weighted by Gasteiger charge is 2.40. The lowest BCUT2D eigenvalue weighted by Crippen LogP contribution is -2.44. The molecule has 33 heavy (non-hydrogen) atoms. The Balaban J connectivity index is 0.00000130. The molecule has 0 bridgehead atoms. The molecule has 1 aliphatic heterocycles. The van der Waals surface area contributed by atoms with Crippen LogP contribution >= 0.6 is 24.8 Å². The highest BCUT2D eigenvalue weighted by Crippen LogP contribution is 2.42. The molecule has 4 aliphatic rings. The monoisotopic (exact) mass is 491 g/mol. The van der Waals surface area contributed by atoms with E-state index in [4.69, 9.17) is 0 Å². The largest absolute Gasteiger partial charge is 0.319 e. The molecule has 1 saturated heterocycles. The third kappa shape index (κ3) is 6.10. The summed E-state index contributed by atoms with van der Waals surface area (Å²) in [6.07, 6.45) is 12.8. The molecule has 6 rings (SSSR count). The molecule has 3 saturated carbocycles. The number of hydrogen-bond acceptors (Lipinski definition) is 4. The average Bonchev–Trinajstić information content (AvgIpc) is 3.65. The van der Waals surface area contributed by atoms with Crippen molar-refractivity contribution >= 4 is 36.4 Å². The van der Waals surface area contributed by atoms with Crippen LogP contribution in [0.5, 0.6) is 0 Å². The van der Waals surface area contributed by atoms with Gasteiger partial charge in [-0.2, -0.15) is 5.10 Å². The second-order valence-corrected chi connectivity index (χ2v) is 10.1. The molecule has 6 nitrogen and oxygen atoms in total. The minimum Gasteiger partial charge on any atom is -0.319 e. The first-order chi connectivity index (χ1) is 15.2. The lowest BCUT2D eigenvalue weighted by atomic mass is 10.0. The van der Waals surface area contributed by atoms with E-state index in [-0.39, 0.29) is 30.7 Å². The SMILES string of the molecule is Cl.Cl.O=C(Nc1cnn(CC2CC2)c1)c1cccc([C@@H]2C[C@H]2NC2CCN(C3CC3)CC2)c1. The zero-order valence-corrected chi connectivity index (χ0v) is 20.6. The first kappa shape index (κ1) is 24.5. The number of carbonyl (C=O) groups is 1. The zero-order valence-electron chi connectivity index (χ0n) is 19.0. The molecule has 4 fully saturated rings. The number of aromatic nitrogens is 2. The molecule has 180 valence electrons. The summed E-state index contributed by atoms with van der Waals surface area (Å²) in [5.41, 5.74) is 2.79. The Morgan fingerprint density at radius 2 is 1.85 bits per heavy atom. The number of nitrogens with one attached hydrogen (secondary N) is 2. The fourth-order valence-corrected chi connectivity index (χ4v) is 5.13. The van der Waals surface area contributed by atoms with Crippen molar-refractivity contribution < 1.29 is 4.79 Å². The number of nitrogens with zero attached hydrogens (tertiary/aromatic N) is 3. The maximum Gasteiger partial charge on any atom is 0.255 e. The van der Waals surface area contributed by atoms with Gasteiger partial charge in [0.2, 0.25) is 0 Å². The van der Waals surface area contributed by atoms with Crippen molar-refractivity contribution in [1.29, 1.82) is 0 Å². The van der Waals surface area contributed by atoms with Crippen LogP contribution in [0.4, 0.5) is 5.69 Å². The van der Waals surface area contributed by atoms with E-state index < -0.39 is 0 Å². The van der Waals surface area contributed by atoms with E-state index in [1.165, 1.54) is 63.6 Å². The Morgan fingerprint density at radius 1 is 1.06 bits per heavy atom. The number of carbonyl (C=O) groups excluding carboxylic acids is 1. The predicted molar refractivity (Wildman–Crippen MR) is 136 cm³/mol. The normalized spacial score (nSPS) is 25.1. The van der Waals surface area contributed by atoms with Crippen molar-refractivity contribution in [1.82, 2.24) is 20.0 Å². The van der Waals surface area contributed by atoms with Crippen molar-refractivity contribution in [2.75, 3.05) is 18.4 Å². The van der Waals surface area contributed by atoms with Crippen molar-refractivity contribution in [3.05, 3.63) is 47.8 Å². The van der Waals surface area contributed by atoms with Gasteiger partial charge in [0, 0.05) is 42.3 Å². The summed E-state index contributed by atoms with van der Waals surface area (Å²) >= 11 is 0. The van der Waals surface area contributed by atoms with E-state index in [9.17, 15) is 4.79 Å². The fraction of sp³-hybridized carbons (Fsp3) is 0.600. The number of rotatable bonds is 8. The van der Waals surface area contributed by atoms with Gasteiger partial charge in [0.1, 0.15) is 0 Å². The molecule has 2 heterocycles. The van der Waals surface area contributed by atoms with Gasteiger partial charge in [0.25, 0.3) is 5.91 Å². The van der Waals surface area contributed by atoms with E-state index in [2.05, 4.69) is 32.8 Å². The number of halogens is 2. The molecule has 2 N–H and O–H groups in total. The predicted octanol–water partition coefficient (Wildman–Crippen LogP) is 4.46. The molecule has 2 aromatic rings. The minimum absolute atomic E-state index is 0. The molecular formula is C25H35Cl2N5O. The third-order valence-electron chi connectivity index (χ3n) is 7.44. The van der Waals surface area contributed by atoms with Gasteiger partial charge in [-0.15, -0.1) is 24.8 Å². The molecule has 3 aliphatic carbocycles. The molecule has 0 radical (unpaired) electrons. The number of piperidine rings is 1. The van der Waals surface area contributed by atoms with Crippen LogP contribution in [0.1, 0.15) is 66.8 Å². The standard InChI is InChI=1S/C25H33N5O.2ClH/c31-25(28-21-14-26-30(16-21)15-17-4-5-17)19-3-1-2-18(12-19)23-13-24(23)27-20-8-10-29(11-9-20)22-6-7-22;;/h1-3,12,14,16-17,20,22-24,27H,4-11,13,15H2,(H,28,31);2*1H/t23-,24+;;/m0../s1. The molecule has 1 amide bonds. The van der Waals surface area contributed by atoms with Gasteiger partial charge in [0.05, 0.1) is 11.9 Å². The summed E-state index contributed by atoms with van der Waals surface area (Å²) in [4.78, 5) is 15.5. The van der Waals surface area contributed by atoms with Gasteiger partial charge in [0.15, 0.2) is 0 Å². The molecule has 0 unspecified atom stereocenters. The van der Waals surface area contributed by atoms with Gasteiger partial charge in [-0.1, -0.05) is 12.1 Å². The maximum atomic E-state index is 12.8. The summed E-state index contributed by atoms with van der Waals surface area (Å²) in [6.45, 7) is 3.47. The Bertz CT molecular complexity index is 950. The van der Waals surface area contributed by atoms with Crippen LogP contribution in [0.25, 0.3) is 0 Å². The van der Waals surface area contributed by atoms with E-state index in [0.717, 1.165) is 29.8 Å². The summed E-state index contributed by atoms with van der Waals surface area (Å²) in [6, 6.07) is 10.3. The molecule has 8 heteroatoms. The smallest absolute Gasteiger partial charge is 0.255 e. The Morgan fingerprint density at radius 3 is 2.58 bits per heavy atom. The third-order valence-corrected chi connectivity index (χ3v) is 7.44. The lowest BCUT2D eigenvalue weighted by molar-refractivity contribution is 0.102. The van der Waals surface area contributed by atoms with Crippen LogP contribution in [0.15, 0.2) is 36.7 Å². The van der Waals surface area contributed by atoms with Gasteiger partial charge < -0.3 is 15.5 Å². The summed E-state index contributed by atoms with van der Waals surface area (Å²) in [5.74, 6) is 1.26. The number of likely N-dealkylation sites (tertiary alicyclic amines) is 1. The molecule has 0 spiro atoms. The van der Waals surface area contributed by atoms with E-state index in [0.29, 0.717) is 18.0 Å². The Kier molecular flexibility index (Phi) is 7.69. The lowest BCUT2D eigenvalue weighted by Gasteiger charge is -2.32. The zero-order chi connectivity index (χ0) is 20.8. The van der Waals surface area contributed by atoms with Crippen LogP contribution in [0, 0.1) is 5.92 Å². The second kappa shape index (κ2) is 10.3. The summed E-state index contributed by atoms with van der Waals surface area (Å²) in [5, 5.41) is 11.3. The van der Waals surface area contributed by atoms with Crippen molar-refractivity contribution in [3.8, 4) is 0 Å². The van der Waals surface area contributed by atoms with Crippen LogP contribution in [-0.4, -0.2) is 51.8 Å². The molecular weight excluding hydrogens is 457 g/mol. The van der Waals surface area contributed by atoms with Crippen LogP contribution in [0.2, 0.25) is 0 Å². The topological polar surface area (TPSA) is 62.2 Å². The number of amides is 1. The number of hydrogen-bond donors (Lipinski definition) is 2. The first-order valence-electron chi connectivity index (χ1n) is 12.1. The van der Waals surface area contributed by atoms with Crippen LogP contribution in [-0.2, 0) is 6.54 Å². The van der Waals surface area contributed by atoms with Crippen LogP contribution < -0.4 is 10.6 Å². The highest BCUT2D eigenvalue weighted by atomic mass is 35.5. The Hall–Kier alpha value is -1.60. The van der Waals surface area contributed by atoms with E-state index >= 15 is 0 Å². The molecule has 1 aromatic heterocycles. The van der Waals surface area contributed by atoms with Gasteiger partial charge >= 0.3 is 0 Å². The van der Waals surface area contributed by atoms with Gasteiger partial charge in [-0.25, -0.2) is 0 Å². The van der Waals surface area contributed by atoms with E-state index in [1.807, 2.05) is 23.0 Å². The van der Waals surface area contributed by atoms with Crippen LogP contribution in [0.3, 0.4) is 0 Å². The molecule has 2 atom stereocenters. The second-order valence-electron chi connectivity index (χ2n) is 10.1. The number of benzene rings is 1. The van der Waals surface area contributed by atoms with Gasteiger partial charge in [-0.3, -0.25) is 9.48 Å². The minimum atomic E-state index is -0.0505. The van der Waals surface area contributed by atoms with E-state index in [1.54, 1.807) is 6.20 Å². The maximum absolute atomic E-state index is 12.8. The summed E-state index contributed by atoms with van der Waals surface area (Å²) < 4.78 is 1.94. The molecule has 1 aromatic carbocycles. The quantitative estimate of drug-likeness (QED) is 0.571. The van der Waals surface area contributed by atoms with Gasteiger partial charge in [-0.05, 0) is 81.6 Å². The Labute approximate surface area is 208 Å². The first-order valence-corrected chi connectivity index (χ1v) is 12.1. The number of anilines is 1. The van der Waals surface area contributed by atoms with Crippen molar-refractivity contribution in [2.45, 2.75) is 75.5 Å². The highest BCUT2D eigenvalue weighted by molar-refractivity contribution is 6.04. The average molecular weight is 492 g/mol. The summed E-state index contributed by atoms with van der Waals surface area (Å²) in [7, 11) is 0. The fourth-order valence-electron chi connectivity index (χ4n) is 5.13. The van der Waals surface area contributed by atoms with Crippen molar-refractivity contribution in [2.24, 2.45) is 5.92 Å². The van der Waals surface area contributed by atoms with Crippen molar-refractivity contribution in [3.63, 3.8) is 0 Å².